The Balaban J connectivity index is 1.68. The fourth-order valence-corrected chi connectivity index (χ4v) is 2.60. The van der Waals surface area contributed by atoms with Crippen molar-refractivity contribution < 1.29 is 14.2 Å². The van der Waals surface area contributed by atoms with E-state index in [1.165, 1.54) is 17.7 Å². The quantitative estimate of drug-likeness (QED) is 0.731. The van der Waals surface area contributed by atoms with Crippen LogP contribution in [-0.2, 0) is 0 Å². The highest BCUT2D eigenvalue weighted by Crippen LogP contribution is 2.19. The molecule has 2 atom stereocenters. The molecule has 0 saturated carbocycles. The molecule has 2 aromatic carbocycles. The van der Waals surface area contributed by atoms with E-state index < -0.39 is 6.10 Å². The third-order valence-corrected chi connectivity index (χ3v) is 4.00. The number of halogens is 2. The summed E-state index contributed by atoms with van der Waals surface area (Å²) in [7, 11) is 0. The van der Waals surface area contributed by atoms with E-state index >= 15 is 0 Å². The Morgan fingerprint density at radius 2 is 1.91 bits per heavy atom. The molecule has 0 aliphatic rings. The fraction of sp³-hybridized carbons (Fsp3) is 0.333. The molecule has 0 aliphatic carbocycles. The minimum atomic E-state index is -0.616. The predicted molar refractivity (Wildman–Crippen MR) is 93.3 cm³/mol. The molecule has 2 N–H and O–H groups in total. The van der Waals surface area contributed by atoms with Gasteiger partial charge in [0.15, 0.2) is 0 Å². The molecule has 23 heavy (non-hydrogen) atoms. The minimum Gasteiger partial charge on any atom is -0.491 e. The lowest BCUT2D eigenvalue weighted by Gasteiger charge is -2.16. The summed E-state index contributed by atoms with van der Waals surface area (Å²) in [6.07, 6.45) is -0.616. The lowest BCUT2D eigenvalue weighted by Crippen LogP contribution is -2.33. The van der Waals surface area contributed by atoms with Gasteiger partial charge in [0.05, 0.1) is 0 Å². The SMILES string of the molecule is C[C@H](CNC[C@H](O)COc1ccc(F)cc1)c1cccc(Br)c1. The second-order valence-electron chi connectivity index (χ2n) is 5.53. The van der Waals surface area contributed by atoms with E-state index in [0.717, 1.165) is 11.0 Å². The Bertz CT molecular complexity index is 606. The smallest absolute Gasteiger partial charge is 0.123 e. The van der Waals surface area contributed by atoms with E-state index in [-0.39, 0.29) is 12.4 Å². The Kier molecular flexibility index (Phi) is 7.02. The maximum absolute atomic E-state index is 12.8. The van der Waals surface area contributed by atoms with Crippen LogP contribution in [0.15, 0.2) is 53.0 Å². The molecule has 3 nitrogen and oxygen atoms in total. The van der Waals surface area contributed by atoms with Crippen molar-refractivity contribution in [3.05, 3.63) is 64.4 Å². The van der Waals surface area contributed by atoms with Gasteiger partial charge in [0.2, 0.25) is 0 Å². The first-order valence-electron chi connectivity index (χ1n) is 7.57. The second kappa shape index (κ2) is 9.01. The summed E-state index contributed by atoms with van der Waals surface area (Å²) in [6.45, 7) is 3.52. The molecule has 0 fully saturated rings. The highest BCUT2D eigenvalue weighted by Gasteiger charge is 2.09. The monoisotopic (exact) mass is 381 g/mol. The van der Waals surface area contributed by atoms with Crippen molar-refractivity contribution in [2.24, 2.45) is 0 Å². The van der Waals surface area contributed by atoms with Crippen LogP contribution in [0.5, 0.6) is 5.75 Å². The molecular weight excluding hydrogens is 361 g/mol. The third-order valence-electron chi connectivity index (χ3n) is 3.50. The van der Waals surface area contributed by atoms with Crippen molar-refractivity contribution in [2.75, 3.05) is 19.7 Å². The summed E-state index contributed by atoms with van der Waals surface area (Å²) in [6, 6.07) is 14.0. The molecule has 0 bridgehead atoms. The molecule has 0 spiro atoms. The number of rotatable bonds is 8. The second-order valence-corrected chi connectivity index (χ2v) is 6.45. The minimum absolute atomic E-state index is 0.171. The van der Waals surface area contributed by atoms with Gasteiger partial charge in [-0.3, -0.25) is 0 Å². The van der Waals surface area contributed by atoms with Crippen molar-refractivity contribution in [3.8, 4) is 5.75 Å². The summed E-state index contributed by atoms with van der Waals surface area (Å²) < 4.78 is 19.3. The Hall–Kier alpha value is -1.43. The van der Waals surface area contributed by atoms with Crippen LogP contribution >= 0.6 is 15.9 Å². The number of benzene rings is 2. The topological polar surface area (TPSA) is 41.5 Å². The molecule has 124 valence electrons. The van der Waals surface area contributed by atoms with Gasteiger partial charge < -0.3 is 15.2 Å². The first-order chi connectivity index (χ1) is 11.0. The largest absolute Gasteiger partial charge is 0.491 e. The van der Waals surface area contributed by atoms with E-state index in [0.29, 0.717) is 18.2 Å². The van der Waals surface area contributed by atoms with Crippen molar-refractivity contribution in [1.82, 2.24) is 5.32 Å². The van der Waals surface area contributed by atoms with Crippen LogP contribution in [0.1, 0.15) is 18.4 Å². The standard InChI is InChI=1S/C18H21BrFNO2/c1-13(14-3-2-4-15(19)9-14)10-21-11-17(22)12-23-18-7-5-16(20)6-8-18/h2-9,13,17,21-22H,10-12H2,1H3/t13-,17+/m1/s1. The maximum atomic E-state index is 12.8. The van der Waals surface area contributed by atoms with Crippen molar-refractivity contribution in [3.63, 3.8) is 0 Å². The summed E-state index contributed by atoms with van der Waals surface area (Å²) >= 11 is 3.47. The fourth-order valence-electron chi connectivity index (χ4n) is 2.18. The highest BCUT2D eigenvalue weighted by molar-refractivity contribution is 9.10. The maximum Gasteiger partial charge on any atom is 0.123 e. The van der Waals surface area contributed by atoms with Crippen LogP contribution in [0.25, 0.3) is 0 Å². The lowest BCUT2D eigenvalue weighted by atomic mass is 10.0. The van der Waals surface area contributed by atoms with Crippen LogP contribution in [0.4, 0.5) is 4.39 Å². The van der Waals surface area contributed by atoms with E-state index in [4.69, 9.17) is 4.74 Å². The highest BCUT2D eigenvalue weighted by atomic mass is 79.9. The van der Waals surface area contributed by atoms with E-state index in [2.05, 4.69) is 40.3 Å². The number of hydrogen-bond acceptors (Lipinski definition) is 3. The molecule has 0 aromatic heterocycles. The number of hydrogen-bond donors (Lipinski definition) is 2. The lowest BCUT2D eigenvalue weighted by molar-refractivity contribution is 0.106. The number of nitrogens with one attached hydrogen (secondary N) is 1. The van der Waals surface area contributed by atoms with Crippen LogP contribution < -0.4 is 10.1 Å². The summed E-state index contributed by atoms with van der Waals surface area (Å²) in [4.78, 5) is 0. The first kappa shape index (κ1) is 17.9. The van der Waals surface area contributed by atoms with Crippen LogP contribution in [0.3, 0.4) is 0 Å². The Morgan fingerprint density at radius 3 is 2.61 bits per heavy atom. The Morgan fingerprint density at radius 1 is 1.17 bits per heavy atom. The third kappa shape index (κ3) is 6.29. The average Bonchev–Trinajstić information content (AvgIpc) is 2.54. The van der Waals surface area contributed by atoms with Gasteiger partial charge in [0, 0.05) is 17.6 Å². The number of aliphatic hydroxyl groups is 1. The van der Waals surface area contributed by atoms with Crippen LogP contribution in [0, 0.1) is 5.82 Å². The zero-order chi connectivity index (χ0) is 16.7. The summed E-state index contributed by atoms with van der Waals surface area (Å²) in [5, 5.41) is 13.2. The zero-order valence-corrected chi connectivity index (χ0v) is 14.6. The van der Waals surface area contributed by atoms with Gasteiger partial charge in [0.25, 0.3) is 0 Å². The first-order valence-corrected chi connectivity index (χ1v) is 8.36. The van der Waals surface area contributed by atoms with Crippen molar-refractivity contribution >= 4 is 15.9 Å². The van der Waals surface area contributed by atoms with Crippen molar-refractivity contribution in [2.45, 2.75) is 18.9 Å². The molecule has 0 saturated heterocycles. The molecule has 5 heteroatoms. The van der Waals surface area contributed by atoms with Gasteiger partial charge >= 0.3 is 0 Å². The molecular formula is C18H21BrFNO2. The van der Waals surface area contributed by atoms with E-state index in [9.17, 15) is 9.50 Å². The van der Waals surface area contributed by atoms with Gasteiger partial charge in [-0.2, -0.15) is 0 Å². The predicted octanol–water partition coefficient (Wildman–Crippen LogP) is 3.72. The van der Waals surface area contributed by atoms with E-state index in [1.807, 2.05) is 12.1 Å². The molecule has 2 rings (SSSR count). The van der Waals surface area contributed by atoms with Crippen LogP contribution in [-0.4, -0.2) is 30.9 Å². The van der Waals surface area contributed by atoms with Gasteiger partial charge in [-0.15, -0.1) is 0 Å². The number of ether oxygens (including phenoxy) is 1. The Labute approximate surface area is 144 Å². The van der Waals surface area contributed by atoms with Crippen LogP contribution in [0.2, 0.25) is 0 Å². The van der Waals surface area contributed by atoms with Gasteiger partial charge in [-0.25, -0.2) is 4.39 Å². The zero-order valence-electron chi connectivity index (χ0n) is 13.0. The van der Waals surface area contributed by atoms with Gasteiger partial charge in [0.1, 0.15) is 24.3 Å². The van der Waals surface area contributed by atoms with Gasteiger partial charge in [-0.05, 0) is 47.9 Å². The van der Waals surface area contributed by atoms with E-state index in [1.54, 1.807) is 12.1 Å². The average molecular weight is 382 g/mol. The van der Waals surface area contributed by atoms with Gasteiger partial charge in [-0.1, -0.05) is 35.0 Å². The molecule has 0 heterocycles. The molecule has 2 aromatic rings. The molecule has 0 aliphatic heterocycles. The molecule has 0 radical (unpaired) electrons. The molecule has 0 unspecified atom stereocenters. The summed E-state index contributed by atoms with van der Waals surface area (Å²) in [5.74, 6) is 0.590. The summed E-state index contributed by atoms with van der Waals surface area (Å²) in [5.41, 5.74) is 1.24. The normalized spacial score (nSPS) is 13.6. The molecule has 0 amide bonds. The van der Waals surface area contributed by atoms with Crippen molar-refractivity contribution in [1.29, 1.82) is 0 Å². The number of aliphatic hydroxyl groups excluding tert-OH is 1.